The summed E-state index contributed by atoms with van der Waals surface area (Å²) in [5.41, 5.74) is -0.640. The third kappa shape index (κ3) is 3.42. The Bertz CT molecular complexity index is 372. The molecule has 102 valence electrons. The molecule has 0 bridgehead atoms. The van der Waals surface area contributed by atoms with Gasteiger partial charge in [-0.2, -0.15) is 4.37 Å². The molecule has 5 heteroatoms. The van der Waals surface area contributed by atoms with Crippen molar-refractivity contribution in [1.29, 1.82) is 0 Å². The quantitative estimate of drug-likeness (QED) is 0.863. The summed E-state index contributed by atoms with van der Waals surface area (Å²) in [4.78, 5) is 4.36. The Morgan fingerprint density at radius 2 is 2.11 bits per heavy atom. The molecule has 1 atom stereocenters. The number of aryl methyl sites for hydroxylation is 1. The fourth-order valence-electron chi connectivity index (χ4n) is 2.59. The van der Waals surface area contributed by atoms with Gasteiger partial charge in [0.25, 0.3) is 0 Å². The van der Waals surface area contributed by atoms with Crippen LogP contribution in [-0.2, 0) is 6.42 Å². The molecular weight excluding hydrogens is 246 g/mol. The van der Waals surface area contributed by atoms with E-state index >= 15 is 0 Å². The lowest BCUT2D eigenvalue weighted by atomic mass is 9.78. The van der Waals surface area contributed by atoms with Gasteiger partial charge in [0.1, 0.15) is 5.82 Å². The minimum atomic E-state index is -0.640. The van der Waals surface area contributed by atoms with Crippen LogP contribution < -0.4 is 5.32 Å². The number of hydrogen-bond donors (Lipinski definition) is 2. The van der Waals surface area contributed by atoms with E-state index in [0.29, 0.717) is 12.5 Å². The predicted octanol–water partition coefficient (Wildman–Crippen LogP) is 2.84. The number of nitrogens with one attached hydrogen (secondary N) is 1. The summed E-state index contributed by atoms with van der Waals surface area (Å²) in [5, 5.41) is 14.6. The van der Waals surface area contributed by atoms with Gasteiger partial charge in [-0.1, -0.05) is 26.2 Å². The van der Waals surface area contributed by atoms with Gasteiger partial charge in [0.05, 0.1) is 5.60 Å². The first-order valence-electron chi connectivity index (χ1n) is 6.90. The van der Waals surface area contributed by atoms with Crippen LogP contribution in [0, 0.1) is 5.92 Å². The largest absolute Gasteiger partial charge is 0.388 e. The number of hydrogen-bond acceptors (Lipinski definition) is 5. The number of aromatic nitrogens is 2. The molecule has 1 aromatic heterocycles. The molecule has 18 heavy (non-hydrogen) atoms. The summed E-state index contributed by atoms with van der Waals surface area (Å²) >= 11 is 1.38. The van der Waals surface area contributed by atoms with Crippen LogP contribution in [0.2, 0.25) is 0 Å². The normalized spacial score (nSPS) is 20.6. The van der Waals surface area contributed by atoms with Crippen molar-refractivity contribution in [3.05, 3.63) is 5.82 Å². The van der Waals surface area contributed by atoms with Crippen LogP contribution >= 0.6 is 11.5 Å². The van der Waals surface area contributed by atoms with Crippen molar-refractivity contribution in [2.45, 2.75) is 58.0 Å². The summed E-state index contributed by atoms with van der Waals surface area (Å²) in [5.74, 6) is 1.29. The molecule has 0 spiro atoms. The smallest absolute Gasteiger partial charge is 0.202 e. The zero-order chi connectivity index (χ0) is 13.0. The Kier molecular flexibility index (Phi) is 4.56. The van der Waals surface area contributed by atoms with Gasteiger partial charge in [-0.3, -0.25) is 0 Å². The zero-order valence-corrected chi connectivity index (χ0v) is 12.1. The van der Waals surface area contributed by atoms with E-state index in [1.807, 2.05) is 13.8 Å². The molecule has 1 saturated carbocycles. The SMILES string of the molecule is CCc1nsc(NCC(C)(O)C2CCCCC2)n1. The first kappa shape index (κ1) is 13.7. The fraction of sp³-hybridized carbons (Fsp3) is 0.846. The highest BCUT2D eigenvalue weighted by Crippen LogP contribution is 2.32. The van der Waals surface area contributed by atoms with Crippen LogP contribution in [0.1, 0.15) is 51.8 Å². The predicted molar refractivity (Wildman–Crippen MR) is 75.0 cm³/mol. The van der Waals surface area contributed by atoms with Crippen molar-refractivity contribution in [1.82, 2.24) is 9.36 Å². The first-order chi connectivity index (χ1) is 8.62. The molecule has 0 aromatic carbocycles. The van der Waals surface area contributed by atoms with Gasteiger partial charge in [-0.15, -0.1) is 0 Å². The van der Waals surface area contributed by atoms with Crippen molar-refractivity contribution in [3.8, 4) is 0 Å². The lowest BCUT2D eigenvalue weighted by Crippen LogP contribution is -2.42. The molecule has 4 nitrogen and oxygen atoms in total. The van der Waals surface area contributed by atoms with Crippen LogP contribution in [0.5, 0.6) is 0 Å². The van der Waals surface area contributed by atoms with Crippen molar-refractivity contribution >= 4 is 16.7 Å². The van der Waals surface area contributed by atoms with Crippen molar-refractivity contribution in [3.63, 3.8) is 0 Å². The maximum atomic E-state index is 10.6. The molecule has 1 aliphatic carbocycles. The van der Waals surface area contributed by atoms with E-state index in [-0.39, 0.29) is 0 Å². The van der Waals surface area contributed by atoms with Gasteiger partial charge in [-0.25, -0.2) is 4.98 Å². The molecule has 2 N–H and O–H groups in total. The van der Waals surface area contributed by atoms with Crippen molar-refractivity contribution in [2.75, 3.05) is 11.9 Å². The Morgan fingerprint density at radius 3 is 2.72 bits per heavy atom. The molecule has 0 radical (unpaired) electrons. The first-order valence-corrected chi connectivity index (χ1v) is 7.68. The Hall–Kier alpha value is -0.680. The molecule has 0 amide bonds. The van der Waals surface area contributed by atoms with E-state index in [9.17, 15) is 5.11 Å². The molecule has 1 aliphatic rings. The maximum absolute atomic E-state index is 10.6. The van der Waals surface area contributed by atoms with Crippen LogP contribution in [0.15, 0.2) is 0 Å². The van der Waals surface area contributed by atoms with Gasteiger partial charge >= 0.3 is 0 Å². The lowest BCUT2D eigenvalue weighted by molar-refractivity contribution is -0.00444. The highest BCUT2D eigenvalue weighted by Gasteiger charge is 2.32. The Morgan fingerprint density at radius 1 is 1.39 bits per heavy atom. The number of nitrogens with zero attached hydrogens (tertiary/aromatic N) is 2. The van der Waals surface area contributed by atoms with E-state index in [4.69, 9.17) is 0 Å². The van der Waals surface area contributed by atoms with Gasteiger partial charge in [-0.05, 0) is 25.7 Å². The average Bonchev–Trinajstić information content (AvgIpc) is 2.86. The van der Waals surface area contributed by atoms with Crippen molar-refractivity contribution < 1.29 is 5.11 Å². The highest BCUT2D eigenvalue weighted by atomic mass is 32.1. The maximum Gasteiger partial charge on any atom is 0.202 e. The van der Waals surface area contributed by atoms with Gasteiger partial charge < -0.3 is 10.4 Å². The Balaban J connectivity index is 1.87. The standard InChI is InChI=1S/C13H23N3OS/c1-3-11-15-12(18-16-11)14-9-13(2,17)10-7-5-4-6-8-10/h10,17H,3-9H2,1-2H3,(H,14,15,16). The average molecular weight is 269 g/mol. The van der Waals surface area contributed by atoms with Crippen molar-refractivity contribution in [2.24, 2.45) is 5.92 Å². The van der Waals surface area contributed by atoms with Crippen LogP contribution in [0.3, 0.4) is 0 Å². The minimum Gasteiger partial charge on any atom is -0.388 e. The van der Waals surface area contributed by atoms with Crippen LogP contribution in [-0.4, -0.2) is 26.6 Å². The van der Waals surface area contributed by atoms with Gasteiger partial charge in [0.15, 0.2) is 0 Å². The van der Waals surface area contributed by atoms with E-state index in [2.05, 4.69) is 14.7 Å². The van der Waals surface area contributed by atoms with E-state index in [1.165, 1.54) is 30.8 Å². The second-order valence-electron chi connectivity index (χ2n) is 5.41. The summed E-state index contributed by atoms with van der Waals surface area (Å²) < 4.78 is 4.23. The molecule has 1 unspecified atom stereocenters. The number of aliphatic hydroxyl groups is 1. The molecule has 1 fully saturated rings. The lowest BCUT2D eigenvalue weighted by Gasteiger charge is -2.35. The van der Waals surface area contributed by atoms with Gasteiger partial charge in [0, 0.05) is 24.5 Å². The van der Waals surface area contributed by atoms with E-state index in [0.717, 1.165) is 30.2 Å². The number of rotatable bonds is 5. The second kappa shape index (κ2) is 5.97. The molecule has 0 aliphatic heterocycles. The molecule has 1 aromatic rings. The topological polar surface area (TPSA) is 58.0 Å². The number of anilines is 1. The van der Waals surface area contributed by atoms with E-state index in [1.54, 1.807) is 0 Å². The highest BCUT2D eigenvalue weighted by molar-refractivity contribution is 7.09. The van der Waals surface area contributed by atoms with E-state index < -0.39 is 5.60 Å². The van der Waals surface area contributed by atoms with Crippen LogP contribution in [0.25, 0.3) is 0 Å². The molecule has 2 rings (SSSR count). The molecule has 0 saturated heterocycles. The van der Waals surface area contributed by atoms with Crippen LogP contribution in [0.4, 0.5) is 5.13 Å². The fourth-order valence-corrected chi connectivity index (χ4v) is 3.24. The summed E-state index contributed by atoms with van der Waals surface area (Å²) in [6, 6.07) is 0. The monoisotopic (exact) mass is 269 g/mol. The molecular formula is C13H23N3OS. The van der Waals surface area contributed by atoms with Gasteiger partial charge in [0.2, 0.25) is 5.13 Å². The zero-order valence-electron chi connectivity index (χ0n) is 11.3. The Labute approximate surface area is 113 Å². The third-order valence-electron chi connectivity index (χ3n) is 3.87. The second-order valence-corrected chi connectivity index (χ2v) is 6.17. The molecule has 1 heterocycles. The summed E-state index contributed by atoms with van der Waals surface area (Å²) in [6.45, 7) is 4.55. The summed E-state index contributed by atoms with van der Waals surface area (Å²) in [7, 11) is 0. The third-order valence-corrected chi connectivity index (χ3v) is 4.58. The minimum absolute atomic E-state index is 0.414. The summed E-state index contributed by atoms with van der Waals surface area (Å²) in [6.07, 6.45) is 6.96.